The quantitative estimate of drug-likeness (QED) is 0.635. The largest absolute Gasteiger partial charge is 0.381 e. The fourth-order valence-electron chi connectivity index (χ4n) is 2.15. The number of allylic oxidation sites excluding steroid dienone is 4. The van der Waals surface area contributed by atoms with Gasteiger partial charge in [0.25, 0.3) is 0 Å². The van der Waals surface area contributed by atoms with Crippen LogP contribution in [0.4, 0.5) is 0 Å². The first-order chi connectivity index (χ1) is 6.87. The van der Waals surface area contributed by atoms with Crippen molar-refractivity contribution in [3.05, 3.63) is 23.8 Å². The molecule has 0 saturated carbocycles. The first-order valence-electron chi connectivity index (χ1n) is 5.24. The summed E-state index contributed by atoms with van der Waals surface area (Å²) >= 11 is 0. The lowest BCUT2D eigenvalue weighted by Crippen LogP contribution is -2.29. The van der Waals surface area contributed by atoms with Crippen LogP contribution in [0.5, 0.6) is 0 Å². The lowest BCUT2D eigenvalue weighted by molar-refractivity contribution is 0.0550. The van der Waals surface area contributed by atoms with Gasteiger partial charge in [-0.3, -0.25) is 0 Å². The monoisotopic (exact) mass is 189 g/mol. The van der Waals surface area contributed by atoms with Gasteiger partial charge in [-0.2, -0.15) is 5.26 Å². The molecule has 2 nitrogen and oxygen atoms in total. The van der Waals surface area contributed by atoms with Crippen molar-refractivity contribution in [3.63, 3.8) is 0 Å². The molecule has 1 heterocycles. The molecule has 0 amide bonds. The van der Waals surface area contributed by atoms with E-state index in [1.54, 1.807) is 0 Å². The van der Waals surface area contributed by atoms with E-state index in [1.165, 1.54) is 5.57 Å². The fraction of sp³-hybridized carbons (Fsp3) is 0.583. The van der Waals surface area contributed by atoms with Crippen molar-refractivity contribution in [1.82, 2.24) is 0 Å². The molecule has 0 aromatic carbocycles. The Labute approximate surface area is 84.9 Å². The van der Waals surface area contributed by atoms with E-state index in [1.807, 2.05) is 0 Å². The molecule has 0 aromatic rings. The van der Waals surface area contributed by atoms with Crippen LogP contribution in [0.25, 0.3) is 0 Å². The minimum Gasteiger partial charge on any atom is -0.381 e. The molecule has 2 rings (SSSR count). The lowest BCUT2D eigenvalue weighted by atomic mass is 9.73. The molecule has 1 aliphatic carbocycles. The molecule has 1 aliphatic heterocycles. The number of nitrogens with zero attached hydrogens (tertiary/aromatic N) is 1. The van der Waals surface area contributed by atoms with E-state index in [-0.39, 0.29) is 5.41 Å². The van der Waals surface area contributed by atoms with Gasteiger partial charge in [-0.15, -0.1) is 0 Å². The third-order valence-corrected chi connectivity index (χ3v) is 3.11. The highest BCUT2D eigenvalue weighted by Crippen LogP contribution is 2.39. The summed E-state index contributed by atoms with van der Waals surface area (Å²) < 4.78 is 5.31. The van der Waals surface area contributed by atoms with Gasteiger partial charge < -0.3 is 4.74 Å². The van der Waals surface area contributed by atoms with Crippen molar-refractivity contribution in [2.24, 2.45) is 5.41 Å². The van der Waals surface area contributed by atoms with Crippen molar-refractivity contribution in [3.8, 4) is 6.07 Å². The van der Waals surface area contributed by atoms with Gasteiger partial charge in [-0.25, -0.2) is 0 Å². The predicted molar refractivity (Wildman–Crippen MR) is 54.6 cm³/mol. The number of ether oxygens (including phenoxy) is 1. The second kappa shape index (κ2) is 3.98. The molecular formula is C12H15NO. The maximum absolute atomic E-state index is 9.31. The summed E-state index contributed by atoms with van der Waals surface area (Å²) in [4.78, 5) is 0. The minimum atomic E-state index is -0.255. The average molecular weight is 189 g/mol. The second-order valence-corrected chi connectivity index (χ2v) is 3.95. The Kier molecular flexibility index (Phi) is 2.69. The normalized spacial score (nSPS) is 25.2. The lowest BCUT2D eigenvalue weighted by Gasteiger charge is -2.32. The molecule has 0 aromatic heterocycles. The molecular weight excluding hydrogens is 174 g/mol. The summed E-state index contributed by atoms with van der Waals surface area (Å²) in [6.45, 7) is 1.44. The number of hydrogen-bond donors (Lipinski definition) is 0. The van der Waals surface area contributed by atoms with Gasteiger partial charge in [0, 0.05) is 13.2 Å². The zero-order chi connectivity index (χ0) is 9.86. The van der Waals surface area contributed by atoms with Crippen LogP contribution >= 0.6 is 0 Å². The molecule has 14 heavy (non-hydrogen) atoms. The number of nitriles is 1. The minimum absolute atomic E-state index is 0.255. The standard InChI is InChI=1S/C12H15NO/c13-10-12(6-8-14-9-7-12)11-4-2-1-3-5-11/h2,4-5H,1,3,6-9H2. The Bertz CT molecular complexity index is 303. The summed E-state index contributed by atoms with van der Waals surface area (Å²) in [6, 6.07) is 2.49. The Hall–Kier alpha value is -1.07. The highest BCUT2D eigenvalue weighted by molar-refractivity contribution is 5.35. The van der Waals surface area contributed by atoms with Crippen molar-refractivity contribution in [2.45, 2.75) is 25.7 Å². The van der Waals surface area contributed by atoms with Gasteiger partial charge in [-0.05, 0) is 31.3 Å². The van der Waals surface area contributed by atoms with E-state index in [9.17, 15) is 5.26 Å². The maximum atomic E-state index is 9.31. The Morgan fingerprint density at radius 3 is 2.64 bits per heavy atom. The van der Waals surface area contributed by atoms with Crippen LogP contribution in [-0.4, -0.2) is 13.2 Å². The zero-order valence-corrected chi connectivity index (χ0v) is 8.33. The third kappa shape index (κ3) is 1.60. The van der Waals surface area contributed by atoms with Gasteiger partial charge in [0.2, 0.25) is 0 Å². The molecule has 2 aliphatic rings. The van der Waals surface area contributed by atoms with Crippen LogP contribution in [0, 0.1) is 16.7 Å². The molecule has 1 fully saturated rings. The van der Waals surface area contributed by atoms with E-state index in [2.05, 4.69) is 24.3 Å². The maximum Gasteiger partial charge on any atom is 0.0862 e. The molecule has 74 valence electrons. The van der Waals surface area contributed by atoms with E-state index >= 15 is 0 Å². The first-order valence-corrected chi connectivity index (χ1v) is 5.24. The summed E-state index contributed by atoms with van der Waals surface area (Å²) in [6.07, 6.45) is 10.4. The topological polar surface area (TPSA) is 33.0 Å². The molecule has 0 spiro atoms. The Morgan fingerprint density at radius 1 is 1.29 bits per heavy atom. The molecule has 0 atom stereocenters. The van der Waals surface area contributed by atoms with Crippen LogP contribution in [0.15, 0.2) is 23.8 Å². The number of hydrogen-bond acceptors (Lipinski definition) is 2. The highest BCUT2D eigenvalue weighted by Gasteiger charge is 2.35. The van der Waals surface area contributed by atoms with Crippen LogP contribution in [0.2, 0.25) is 0 Å². The van der Waals surface area contributed by atoms with Gasteiger partial charge in [0.15, 0.2) is 0 Å². The van der Waals surface area contributed by atoms with Crippen molar-refractivity contribution in [2.75, 3.05) is 13.2 Å². The Morgan fingerprint density at radius 2 is 2.07 bits per heavy atom. The van der Waals surface area contributed by atoms with E-state index in [0.717, 1.165) is 38.9 Å². The Balaban J connectivity index is 2.23. The van der Waals surface area contributed by atoms with Crippen LogP contribution < -0.4 is 0 Å². The molecule has 0 N–H and O–H groups in total. The van der Waals surface area contributed by atoms with E-state index in [4.69, 9.17) is 4.74 Å². The molecule has 0 radical (unpaired) electrons. The highest BCUT2D eigenvalue weighted by atomic mass is 16.5. The summed E-state index contributed by atoms with van der Waals surface area (Å²) in [5.41, 5.74) is 0.962. The summed E-state index contributed by atoms with van der Waals surface area (Å²) in [5.74, 6) is 0. The molecule has 0 unspecified atom stereocenters. The fourth-order valence-corrected chi connectivity index (χ4v) is 2.15. The average Bonchev–Trinajstić information content (AvgIpc) is 2.31. The molecule has 2 heteroatoms. The first kappa shape index (κ1) is 9.48. The molecule has 1 saturated heterocycles. The summed E-state index contributed by atoms with van der Waals surface area (Å²) in [5, 5.41) is 9.31. The molecule has 0 bridgehead atoms. The predicted octanol–water partition coefficient (Wildman–Crippen LogP) is 2.58. The SMILES string of the molecule is N#CC1(C2=CCCC=C2)CCOCC1. The van der Waals surface area contributed by atoms with E-state index < -0.39 is 0 Å². The second-order valence-electron chi connectivity index (χ2n) is 3.95. The van der Waals surface area contributed by atoms with E-state index in [0.29, 0.717) is 0 Å². The van der Waals surface area contributed by atoms with Crippen LogP contribution in [-0.2, 0) is 4.74 Å². The van der Waals surface area contributed by atoms with Gasteiger partial charge in [0.1, 0.15) is 0 Å². The van der Waals surface area contributed by atoms with Gasteiger partial charge >= 0.3 is 0 Å². The van der Waals surface area contributed by atoms with Crippen LogP contribution in [0.1, 0.15) is 25.7 Å². The van der Waals surface area contributed by atoms with Gasteiger partial charge in [0.05, 0.1) is 11.5 Å². The van der Waals surface area contributed by atoms with Crippen molar-refractivity contribution < 1.29 is 4.74 Å². The van der Waals surface area contributed by atoms with Crippen LogP contribution in [0.3, 0.4) is 0 Å². The van der Waals surface area contributed by atoms with Gasteiger partial charge in [-0.1, -0.05) is 18.2 Å². The summed E-state index contributed by atoms with van der Waals surface area (Å²) in [7, 11) is 0. The number of rotatable bonds is 1. The zero-order valence-electron chi connectivity index (χ0n) is 8.33. The van der Waals surface area contributed by atoms with Crippen molar-refractivity contribution >= 4 is 0 Å². The van der Waals surface area contributed by atoms with Crippen molar-refractivity contribution in [1.29, 1.82) is 5.26 Å². The third-order valence-electron chi connectivity index (χ3n) is 3.11. The smallest absolute Gasteiger partial charge is 0.0862 e.